The van der Waals surface area contributed by atoms with Gasteiger partial charge in [-0.2, -0.15) is 0 Å². The number of carbonyl (C=O) groups excluding carboxylic acids is 3. The second-order valence-corrected chi connectivity index (χ2v) is 23.4. The highest BCUT2D eigenvalue weighted by Gasteiger charge is 2.19. The van der Waals surface area contributed by atoms with Crippen LogP contribution in [0.15, 0.2) is 36.5 Å². The maximum Gasteiger partial charge on any atom is 0.306 e. The van der Waals surface area contributed by atoms with E-state index in [4.69, 9.17) is 14.2 Å². The van der Waals surface area contributed by atoms with Gasteiger partial charge in [0.1, 0.15) is 13.2 Å². The standard InChI is InChI=1S/C71H132O6/c1-4-7-10-13-16-19-22-25-27-28-29-30-31-32-33-34-35-36-37-38-39-40-41-42-44-46-49-52-55-58-61-64-70(73)76-67-68(66-75-69(72)63-60-57-54-51-48-45-24-21-18-15-12-9-6-3)77-71(74)65-62-59-56-53-50-47-43-26-23-20-17-14-11-8-5-2/h21,24,26,28-29,43,68H,4-20,22-23,25,27,30-42,44-67H2,1-3H3/b24-21-,29-28-,43-26-. The van der Waals surface area contributed by atoms with E-state index in [1.54, 1.807) is 0 Å². The SMILES string of the molecule is CCCCCC/C=C\CCCCCCCC(=O)OCC(COC(=O)CCCCCCCCCCCCCCCCCCCCC/C=C\CCCCCCCCCC)OC(=O)CCCCCCC/C=C\CCCCCCCC. The zero-order valence-electron chi connectivity index (χ0n) is 52.0. The van der Waals surface area contributed by atoms with E-state index in [2.05, 4.69) is 57.2 Å². The van der Waals surface area contributed by atoms with E-state index < -0.39 is 6.10 Å². The van der Waals surface area contributed by atoms with Crippen LogP contribution in [-0.4, -0.2) is 37.2 Å². The Kier molecular flexibility index (Phi) is 64.1. The first kappa shape index (κ1) is 74.6. The molecule has 6 heteroatoms. The van der Waals surface area contributed by atoms with E-state index in [9.17, 15) is 14.4 Å². The van der Waals surface area contributed by atoms with Gasteiger partial charge in [-0.1, -0.05) is 301 Å². The van der Waals surface area contributed by atoms with Gasteiger partial charge in [0.2, 0.25) is 0 Å². The van der Waals surface area contributed by atoms with Crippen LogP contribution < -0.4 is 0 Å². The molecule has 0 aliphatic heterocycles. The minimum atomic E-state index is -0.778. The van der Waals surface area contributed by atoms with Gasteiger partial charge >= 0.3 is 17.9 Å². The highest BCUT2D eigenvalue weighted by atomic mass is 16.6. The maximum atomic E-state index is 12.9. The minimum Gasteiger partial charge on any atom is -0.462 e. The van der Waals surface area contributed by atoms with Crippen LogP contribution in [0.4, 0.5) is 0 Å². The fraction of sp³-hybridized carbons (Fsp3) is 0.873. The molecule has 0 heterocycles. The summed E-state index contributed by atoms with van der Waals surface area (Å²) in [6, 6.07) is 0. The Morgan fingerprint density at radius 1 is 0.247 bits per heavy atom. The largest absolute Gasteiger partial charge is 0.462 e. The highest BCUT2D eigenvalue weighted by molar-refractivity contribution is 5.71. The van der Waals surface area contributed by atoms with Crippen molar-refractivity contribution >= 4 is 17.9 Å². The van der Waals surface area contributed by atoms with Crippen LogP contribution in [0.1, 0.15) is 380 Å². The molecule has 0 saturated heterocycles. The molecule has 0 radical (unpaired) electrons. The van der Waals surface area contributed by atoms with Gasteiger partial charge in [0.05, 0.1) is 0 Å². The van der Waals surface area contributed by atoms with E-state index in [0.29, 0.717) is 19.3 Å². The Balaban J connectivity index is 4.12. The zero-order valence-corrected chi connectivity index (χ0v) is 52.0. The zero-order chi connectivity index (χ0) is 55.7. The van der Waals surface area contributed by atoms with Crippen molar-refractivity contribution in [2.45, 2.75) is 386 Å². The van der Waals surface area contributed by atoms with E-state index >= 15 is 0 Å². The average molecular weight is 1080 g/mol. The third-order valence-corrected chi connectivity index (χ3v) is 15.6. The smallest absolute Gasteiger partial charge is 0.306 e. The molecule has 77 heavy (non-hydrogen) atoms. The van der Waals surface area contributed by atoms with Crippen molar-refractivity contribution in [1.29, 1.82) is 0 Å². The molecular weight excluding hydrogens is 949 g/mol. The van der Waals surface area contributed by atoms with Gasteiger partial charge in [0.25, 0.3) is 0 Å². The molecule has 0 saturated carbocycles. The van der Waals surface area contributed by atoms with E-state index in [1.165, 1.54) is 270 Å². The first-order chi connectivity index (χ1) is 38.0. The summed E-state index contributed by atoms with van der Waals surface area (Å²) in [6.07, 6.45) is 81.8. The molecule has 452 valence electrons. The summed E-state index contributed by atoms with van der Waals surface area (Å²) in [5, 5.41) is 0. The van der Waals surface area contributed by atoms with Gasteiger partial charge in [-0.25, -0.2) is 0 Å². The molecule has 0 rings (SSSR count). The van der Waals surface area contributed by atoms with Gasteiger partial charge in [-0.05, 0) is 96.3 Å². The molecule has 0 spiro atoms. The van der Waals surface area contributed by atoms with Crippen molar-refractivity contribution in [3.05, 3.63) is 36.5 Å². The predicted molar refractivity (Wildman–Crippen MR) is 335 cm³/mol. The summed E-state index contributed by atoms with van der Waals surface area (Å²) in [4.78, 5) is 38.3. The van der Waals surface area contributed by atoms with Crippen molar-refractivity contribution in [2.75, 3.05) is 13.2 Å². The van der Waals surface area contributed by atoms with Gasteiger partial charge in [-0.3, -0.25) is 14.4 Å². The third-order valence-electron chi connectivity index (χ3n) is 15.6. The molecule has 0 amide bonds. The van der Waals surface area contributed by atoms with Crippen LogP contribution in [0.5, 0.6) is 0 Å². The van der Waals surface area contributed by atoms with Gasteiger partial charge in [0.15, 0.2) is 6.10 Å². The van der Waals surface area contributed by atoms with Crippen LogP contribution in [0, 0.1) is 0 Å². The molecule has 0 N–H and O–H groups in total. The van der Waals surface area contributed by atoms with Crippen molar-refractivity contribution in [2.24, 2.45) is 0 Å². The molecule has 0 aliphatic carbocycles. The molecule has 0 aliphatic rings. The number of ether oxygens (including phenoxy) is 3. The lowest BCUT2D eigenvalue weighted by atomic mass is 10.0. The summed E-state index contributed by atoms with van der Waals surface area (Å²) < 4.78 is 16.9. The van der Waals surface area contributed by atoms with Crippen LogP contribution in [-0.2, 0) is 28.6 Å². The summed E-state index contributed by atoms with van der Waals surface area (Å²) in [5.74, 6) is -0.868. The Hall–Kier alpha value is -2.37. The molecule has 1 atom stereocenters. The summed E-state index contributed by atoms with van der Waals surface area (Å²) >= 11 is 0. The van der Waals surface area contributed by atoms with Crippen LogP contribution in [0.2, 0.25) is 0 Å². The lowest BCUT2D eigenvalue weighted by Gasteiger charge is -2.18. The number of esters is 3. The molecule has 0 aromatic carbocycles. The first-order valence-electron chi connectivity index (χ1n) is 34.5. The Labute approximate surface area is 480 Å². The van der Waals surface area contributed by atoms with Crippen LogP contribution in [0.3, 0.4) is 0 Å². The monoisotopic (exact) mass is 1080 g/mol. The Bertz CT molecular complexity index is 1290. The number of rotatable bonds is 64. The number of allylic oxidation sites excluding steroid dienone is 6. The normalized spacial score (nSPS) is 12.2. The summed E-state index contributed by atoms with van der Waals surface area (Å²) in [7, 11) is 0. The quantitative estimate of drug-likeness (QED) is 0.0261. The Morgan fingerprint density at radius 2 is 0.429 bits per heavy atom. The van der Waals surface area contributed by atoms with Crippen molar-refractivity contribution in [3.63, 3.8) is 0 Å². The van der Waals surface area contributed by atoms with Crippen LogP contribution >= 0.6 is 0 Å². The maximum absolute atomic E-state index is 12.9. The number of hydrogen-bond donors (Lipinski definition) is 0. The molecule has 6 nitrogen and oxygen atoms in total. The minimum absolute atomic E-state index is 0.0739. The number of hydrogen-bond acceptors (Lipinski definition) is 6. The first-order valence-corrected chi connectivity index (χ1v) is 34.5. The van der Waals surface area contributed by atoms with Gasteiger partial charge in [-0.15, -0.1) is 0 Å². The third kappa shape index (κ3) is 64.3. The van der Waals surface area contributed by atoms with E-state index in [0.717, 1.165) is 70.6 Å². The Morgan fingerprint density at radius 3 is 0.662 bits per heavy atom. The molecule has 0 fully saturated rings. The number of carbonyl (C=O) groups is 3. The highest BCUT2D eigenvalue weighted by Crippen LogP contribution is 2.18. The van der Waals surface area contributed by atoms with Crippen molar-refractivity contribution < 1.29 is 28.6 Å². The topological polar surface area (TPSA) is 78.9 Å². The van der Waals surface area contributed by atoms with Crippen LogP contribution in [0.25, 0.3) is 0 Å². The van der Waals surface area contributed by atoms with Gasteiger partial charge < -0.3 is 14.2 Å². The summed E-state index contributed by atoms with van der Waals surface area (Å²) in [6.45, 7) is 6.66. The molecule has 0 bridgehead atoms. The summed E-state index contributed by atoms with van der Waals surface area (Å²) in [5.41, 5.74) is 0. The molecule has 0 aromatic rings. The predicted octanol–water partition coefficient (Wildman–Crippen LogP) is 23.6. The van der Waals surface area contributed by atoms with Crippen molar-refractivity contribution in [3.8, 4) is 0 Å². The second kappa shape index (κ2) is 66.1. The second-order valence-electron chi connectivity index (χ2n) is 23.4. The lowest BCUT2D eigenvalue weighted by molar-refractivity contribution is -0.167. The molecule has 0 aromatic heterocycles. The number of unbranched alkanes of at least 4 members (excludes halogenated alkanes) is 47. The average Bonchev–Trinajstić information content (AvgIpc) is 3.43. The molecular formula is C71H132O6. The lowest BCUT2D eigenvalue weighted by Crippen LogP contribution is -2.30. The van der Waals surface area contributed by atoms with Crippen molar-refractivity contribution in [1.82, 2.24) is 0 Å². The fourth-order valence-corrected chi connectivity index (χ4v) is 10.4. The van der Waals surface area contributed by atoms with Gasteiger partial charge in [0, 0.05) is 19.3 Å². The van der Waals surface area contributed by atoms with E-state index in [-0.39, 0.29) is 31.1 Å². The van der Waals surface area contributed by atoms with E-state index in [1.807, 2.05) is 0 Å². The fourth-order valence-electron chi connectivity index (χ4n) is 10.4. The molecule has 1 unspecified atom stereocenters.